The Morgan fingerprint density at radius 1 is 1.03 bits per heavy atom. The van der Waals surface area contributed by atoms with Gasteiger partial charge in [-0.3, -0.25) is 9.78 Å². The van der Waals surface area contributed by atoms with Gasteiger partial charge in [0.05, 0.1) is 0 Å². The Morgan fingerprint density at radius 3 is 2.71 bits per heavy atom. The fourth-order valence-corrected chi connectivity index (χ4v) is 3.37. The Bertz CT molecular complexity index is 1280. The van der Waals surface area contributed by atoms with E-state index in [1.165, 1.54) is 6.39 Å². The molecule has 1 N–H and O–H groups in total. The molecule has 1 amide bonds. The van der Waals surface area contributed by atoms with Crippen molar-refractivity contribution in [3.05, 3.63) is 103 Å². The van der Waals surface area contributed by atoms with Gasteiger partial charge in [0, 0.05) is 41.3 Å². The molecule has 3 aromatic heterocycles. The van der Waals surface area contributed by atoms with E-state index in [1.54, 1.807) is 42.7 Å². The second kappa shape index (κ2) is 8.23. The first-order valence-electron chi connectivity index (χ1n) is 9.83. The van der Waals surface area contributed by atoms with Crippen molar-refractivity contribution < 1.29 is 13.9 Å². The summed E-state index contributed by atoms with van der Waals surface area (Å²) in [4.78, 5) is 25.2. The monoisotopic (exact) mass is 410 g/mol. The normalized spacial score (nSPS) is 15.5. The lowest BCUT2D eigenvalue weighted by Crippen LogP contribution is -2.23. The lowest BCUT2D eigenvalue weighted by molar-refractivity contribution is 0.0967. The first-order valence-corrected chi connectivity index (χ1v) is 9.83. The van der Waals surface area contributed by atoms with Gasteiger partial charge in [0.2, 0.25) is 0 Å². The summed E-state index contributed by atoms with van der Waals surface area (Å²) in [6, 6.07) is 14.5. The Kier molecular flexibility index (Phi) is 4.98. The molecule has 0 aliphatic heterocycles. The minimum absolute atomic E-state index is 0.179. The minimum Gasteiger partial charge on any atom is -0.455 e. The fraction of sp³-hybridized carbons (Fsp3) is 0.0833. The number of ether oxygens (including phenoxy) is 1. The van der Waals surface area contributed by atoms with Crippen LogP contribution >= 0.6 is 0 Å². The van der Waals surface area contributed by atoms with Gasteiger partial charge in [0.15, 0.2) is 17.7 Å². The van der Waals surface area contributed by atoms with Crippen molar-refractivity contribution in [2.24, 2.45) is 0 Å². The lowest BCUT2D eigenvalue weighted by Gasteiger charge is -2.16. The highest BCUT2D eigenvalue weighted by atomic mass is 16.5. The number of rotatable bonds is 5. The van der Waals surface area contributed by atoms with Crippen molar-refractivity contribution in [3.8, 4) is 11.5 Å². The van der Waals surface area contributed by atoms with Crippen LogP contribution in [0, 0.1) is 0 Å². The molecule has 152 valence electrons. The van der Waals surface area contributed by atoms with Crippen LogP contribution in [-0.4, -0.2) is 20.9 Å². The zero-order chi connectivity index (χ0) is 21.0. The molecular weight excluding hydrogens is 392 g/mol. The van der Waals surface area contributed by atoms with Crippen LogP contribution in [0.15, 0.2) is 95.7 Å². The van der Waals surface area contributed by atoms with Gasteiger partial charge in [-0.25, -0.2) is 9.97 Å². The summed E-state index contributed by atoms with van der Waals surface area (Å²) >= 11 is 0. The molecule has 5 rings (SSSR count). The lowest BCUT2D eigenvalue weighted by atomic mass is 9.95. The molecule has 1 unspecified atom stereocenters. The average Bonchev–Trinajstić information content (AvgIpc) is 3.31. The van der Waals surface area contributed by atoms with E-state index in [-0.39, 0.29) is 11.8 Å². The Labute approximate surface area is 178 Å². The van der Waals surface area contributed by atoms with E-state index in [9.17, 15) is 4.79 Å². The second-order valence-electron chi connectivity index (χ2n) is 7.01. The van der Waals surface area contributed by atoms with Crippen molar-refractivity contribution in [2.75, 3.05) is 0 Å². The topological polar surface area (TPSA) is 90.1 Å². The van der Waals surface area contributed by atoms with Crippen molar-refractivity contribution >= 4 is 17.1 Å². The molecule has 1 aliphatic rings. The summed E-state index contributed by atoms with van der Waals surface area (Å²) in [5, 5.41) is 2.94. The molecule has 1 atom stereocenters. The number of aromatic nitrogens is 3. The van der Waals surface area contributed by atoms with E-state index in [2.05, 4.69) is 26.3 Å². The summed E-state index contributed by atoms with van der Waals surface area (Å²) in [6.45, 7) is 0. The van der Waals surface area contributed by atoms with Gasteiger partial charge >= 0.3 is 0 Å². The number of nitrogens with one attached hydrogen (secondary N) is 1. The van der Waals surface area contributed by atoms with Crippen molar-refractivity contribution in [1.29, 1.82) is 0 Å². The fourth-order valence-electron chi connectivity index (χ4n) is 3.37. The van der Waals surface area contributed by atoms with Crippen molar-refractivity contribution in [3.63, 3.8) is 0 Å². The third-order valence-corrected chi connectivity index (χ3v) is 4.97. The molecule has 0 bridgehead atoms. The minimum atomic E-state index is -0.179. The van der Waals surface area contributed by atoms with Gasteiger partial charge < -0.3 is 14.5 Å². The van der Waals surface area contributed by atoms with Gasteiger partial charge in [0.1, 0.15) is 5.75 Å². The third-order valence-electron chi connectivity index (χ3n) is 4.97. The van der Waals surface area contributed by atoms with Crippen LogP contribution < -0.4 is 10.1 Å². The standard InChI is InChI=1S/C24H18N4O3/c29-23(28-18-8-4-16(5-9-18)20-3-1-2-13-25-20)17-6-10-19(11-7-17)31-21-12-14-26-24-22(21)27-15-30-24/h1-4,6-16H,5H2,(H,28,29). The molecule has 31 heavy (non-hydrogen) atoms. The Hall–Kier alpha value is -4.26. The highest BCUT2D eigenvalue weighted by Gasteiger charge is 2.14. The molecule has 7 nitrogen and oxygen atoms in total. The predicted molar refractivity (Wildman–Crippen MR) is 115 cm³/mol. The molecule has 4 aromatic rings. The predicted octanol–water partition coefficient (Wildman–Crippen LogP) is 4.77. The van der Waals surface area contributed by atoms with Crippen molar-refractivity contribution in [2.45, 2.75) is 12.3 Å². The number of benzene rings is 1. The van der Waals surface area contributed by atoms with E-state index in [0.717, 1.165) is 17.8 Å². The number of carbonyl (C=O) groups excluding carboxylic acids is 1. The van der Waals surface area contributed by atoms with E-state index in [0.29, 0.717) is 28.3 Å². The van der Waals surface area contributed by atoms with Gasteiger partial charge in [-0.05, 0) is 48.9 Å². The average molecular weight is 410 g/mol. The maximum absolute atomic E-state index is 12.6. The van der Waals surface area contributed by atoms with Gasteiger partial charge in [-0.2, -0.15) is 0 Å². The quantitative estimate of drug-likeness (QED) is 0.510. The highest BCUT2D eigenvalue weighted by molar-refractivity contribution is 5.95. The summed E-state index contributed by atoms with van der Waals surface area (Å²) in [7, 11) is 0. The molecule has 0 saturated carbocycles. The van der Waals surface area contributed by atoms with Crippen LogP contribution in [0.3, 0.4) is 0 Å². The molecule has 0 radical (unpaired) electrons. The number of hydrogen-bond donors (Lipinski definition) is 1. The maximum Gasteiger partial charge on any atom is 0.255 e. The van der Waals surface area contributed by atoms with E-state index < -0.39 is 0 Å². The number of pyridine rings is 2. The van der Waals surface area contributed by atoms with Crippen LogP contribution in [-0.2, 0) is 0 Å². The number of carbonyl (C=O) groups is 1. The van der Waals surface area contributed by atoms with Crippen LogP contribution in [0.25, 0.3) is 11.2 Å². The first-order chi connectivity index (χ1) is 15.3. The summed E-state index contributed by atoms with van der Waals surface area (Å²) in [5.74, 6) is 1.17. The third kappa shape index (κ3) is 4.06. The number of amides is 1. The molecule has 7 heteroatoms. The van der Waals surface area contributed by atoms with Crippen molar-refractivity contribution in [1.82, 2.24) is 20.3 Å². The van der Waals surface area contributed by atoms with Gasteiger partial charge in [-0.15, -0.1) is 0 Å². The number of allylic oxidation sites excluding steroid dienone is 3. The summed E-state index contributed by atoms with van der Waals surface area (Å²) < 4.78 is 11.0. The maximum atomic E-state index is 12.6. The SMILES string of the molecule is O=C(NC1=CCC(c2ccccn2)C=C1)c1ccc(Oc2ccnc3ocnc23)cc1. The Morgan fingerprint density at radius 2 is 1.94 bits per heavy atom. The zero-order valence-corrected chi connectivity index (χ0v) is 16.4. The largest absolute Gasteiger partial charge is 0.455 e. The van der Waals surface area contributed by atoms with Gasteiger partial charge in [-0.1, -0.05) is 18.2 Å². The van der Waals surface area contributed by atoms with E-state index in [1.807, 2.05) is 30.4 Å². The highest BCUT2D eigenvalue weighted by Crippen LogP contribution is 2.28. The molecule has 1 aliphatic carbocycles. The van der Waals surface area contributed by atoms with Crippen LogP contribution in [0.5, 0.6) is 11.5 Å². The van der Waals surface area contributed by atoms with Gasteiger partial charge in [0.25, 0.3) is 11.6 Å². The summed E-state index contributed by atoms with van der Waals surface area (Å²) in [6.07, 6.45) is 11.5. The summed E-state index contributed by atoms with van der Waals surface area (Å²) in [5.41, 5.74) is 3.29. The Balaban J connectivity index is 1.22. The number of nitrogens with zero attached hydrogens (tertiary/aromatic N) is 3. The molecule has 0 saturated heterocycles. The smallest absolute Gasteiger partial charge is 0.255 e. The van der Waals surface area contributed by atoms with Crippen LogP contribution in [0.4, 0.5) is 0 Å². The molecular formula is C24H18N4O3. The van der Waals surface area contributed by atoms with E-state index in [4.69, 9.17) is 9.15 Å². The molecule has 3 heterocycles. The zero-order valence-electron chi connectivity index (χ0n) is 16.4. The first kappa shape index (κ1) is 18.7. The molecule has 0 fully saturated rings. The molecule has 1 aromatic carbocycles. The molecule has 0 spiro atoms. The number of hydrogen-bond acceptors (Lipinski definition) is 6. The number of oxazole rings is 1. The second-order valence-corrected chi connectivity index (χ2v) is 7.01. The number of fused-ring (bicyclic) bond motifs is 1. The van der Waals surface area contributed by atoms with E-state index >= 15 is 0 Å². The van der Waals surface area contributed by atoms with Crippen LogP contribution in [0.2, 0.25) is 0 Å². The van der Waals surface area contributed by atoms with Crippen LogP contribution in [0.1, 0.15) is 28.4 Å².